The molecule has 2 nitrogen and oxygen atoms in total. The van der Waals surface area contributed by atoms with Gasteiger partial charge in [-0.25, -0.2) is 0 Å². The number of hydrogen-bond acceptors (Lipinski definition) is 2. The molecular formula is C63H39NO. The van der Waals surface area contributed by atoms with Crippen molar-refractivity contribution >= 4 is 60.5 Å². The minimum Gasteiger partial charge on any atom is -0.456 e. The monoisotopic (exact) mass is 825 g/mol. The van der Waals surface area contributed by atoms with Crippen LogP contribution in [0, 0.1) is 0 Å². The second-order valence-electron chi connectivity index (χ2n) is 17.5. The lowest BCUT2D eigenvalue weighted by Crippen LogP contribution is -2.26. The van der Waals surface area contributed by atoms with Crippen LogP contribution in [0.25, 0.3) is 88.0 Å². The summed E-state index contributed by atoms with van der Waals surface area (Å²) in [5.74, 6) is 0. The molecule has 0 bridgehead atoms. The molecular weight excluding hydrogens is 787 g/mol. The number of fused-ring (bicyclic) bond motifs is 16. The summed E-state index contributed by atoms with van der Waals surface area (Å²) in [6.07, 6.45) is 0. The molecule has 1 spiro atoms. The maximum absolute atomic E-state index is 6.69. The highest BCUT2D eigenvalue weighted by Crippen LogP contribution is 2.63. The molecule has 302 valence electrons. The van der Waals surface area contributed by atoms with E-state index in [9.17, 15) is 0 Å². The molecule has 0 N–H and O–H groups in total. The van der Waals surface area contributed by atoms with Crippen LogP contribution in [0.15, 0.2) is 241 Å². The smallest absolute Gasteiger partial charge is 0.136 e. The Kier molecular flexibility index (Phi) is 7.64. The minimum absolute atomic E-state index is 0.481. The lowest BCUT2D eigenvalue weighted by molar-refractivity contribution is 0.669. The fourth-order valence-electron chi connectivity index (χ4n) is 11.5. The van der Waals surface area contributed by atoms with E-state index in [1.54, 1.807) is 0 Å². The molecule has 65 heavy (non-hydrogen) atoms. The van der Waals surface area contributed by atoms with Crippen molar-refractivity contribution in [2.75, 3.05) is 4.90 Å². The maximum atomic E-state index is 6.69. The summed E-state index contributed by atoms with van der Waals surface area (Å²) in [4.78, 5) is 2.49. The van der Waals surface area contributed by atoms with Gasteiger partial charge in [0.15, 0.2) is 0 Å². The molecule has 2 heteroatoms. The van der Waals surface area contributed by atoms with Crippen LogP contribution in [-0.2, 0) is 5.41 Å². The lowest BCUT2D eigenvalue weighted by atomic mass is 9.70. The van der Waals surface area contributed by atoms with Crippen LogP contribution in [0.1, 0.15) is 22.3 Å². The van der Waals surface area contributed by atoms with Crippen LogP contribution < -0.4 is 4.90 Å². The molecule has 0 radical (unpaired) electrons. The van der Waals surface area contributed by atoms with Gasteiger partial charge in [0.05, 0.1) is 11.1 Å². The van der Waals surface area contributed by atoms with Crippen LogP contribution in [0.2, 0.25) is 0 Å². The van der Waals surface area contributed by atoms with Crippen molar-refractivity contribution in [1.82, 2.24) is 0 Å². The number of furan rings is 1. The number of anilines is 3. The average Bonchev–Trinajstić information content (AvgIpc) is 4.01. The summed E-state index contributed by atoms with van der Waals surface area (Å²) in [5, 5.41) is 7.11. The molecule has 1 aromatic heterocycles. The number of rotatable bonds is 5. The molecule has 2 aliphatic rings. The van der Waals surface area contributed by atoms with Crippen molar-refractivity contribution in [3.05, 3.63) is 259 Å². The second kappa shape index (κ2) is 13.8. The van der Waals surface area contributed by atoms with Crippen molar-refractivity contribution < 1.29 is 4.42 Å². The second-order valence-corrected chi connectivity index (χ2v) is 17.5. The topological polar surface area (TPSA) is 16.4 Å². The highest BCUT2D eigenvalue weighted by molar-refractivity contribution is 6.18. The first-order valence-corrected chi connectivity index (χ1v) is 22.5. The summed E-state index contributed by atoms with van der Waals surface area (Å²) in [7, 11) is 0. The summed E-state index contributed by atoms with van der Waals surface area (Å²) in [6.45, 7) is 0. The third kappa shape index (κ3) is 5.11. The number of benzene rings is 11. The van der Waals surface area contributed by atoms with Gasteiger partial charge in [-0.1, -0.05) is 188 Å². The molecule has 0 unspecified atom stereocenters. The van der Waals surface area contributed by atoms with Gasteiger partial charge in [-0.3, -0.25) is 0 Å². The Labute approximate surface area is 376 Å². The number of nitrogens with zero attached hydrogens (tertiary/aromatic N) is 1. The Hall–Kier alpha value is -8.46. The van der Waals surface area contributed by atoms with Crippen LogP contribution in [-0.4, -0.2) is 0 Å². The molecule has 0 saturated carbocycles. The number of para-hydroxylation sites is 1. The molecule has 0 amide bonds. The predicted molar refractivity (Wildman–Crippen MR) is 271 cm³/mol. The van der Waals surface area contributed by atoms with Crippen molar-refractivity contribution in [2.24, 2.45) is 0 Å². The molecule has 0 saturated heterocycles. The van der Waals surface area contributed by atoms with Crippen molar-refractivity contribution in [2.45, 2.75) is 5.41 Å². The largest absolute Gasteiger partial charge is 0.456 e. The summed E-state index contributed by atoms with van der Waals surface area (Å²) in [6, 6.07) is 87.2. The fraction of sp³-hybridized carbons (Fsp3) is 0.0159. The van der Waals surface area contributed by atoms with E-state index in [0.717, 1.165) is 50.1 Å². The van der Waals surface area contributed by atoms with Crippen LogP contribution in [0.5, 0.6) is 0 Å². The summed E-state index contributed by atoms with van der Waals surface area (Å²) >= 11 is 0. The third-order valence-corrected chi connectivity index (χ3v) is 14.3. The minimum atomic E-state index is -0.481. The maximum Gasteiger partial charge on any atom is 0.136 e. The van der Waals surface area contributed by atoms with Crippen LogP contribution >= 0.6 is 0 Å². The van der Waals surface area contributed by atoms with E-state index in [0.29, 0.717) is 0 Å². The van der Waals surface area contributed by atoms with Gasteiger partial charge in [0.25, 0.3) is 0 Å². The van der Waals surface area contributed by atoms with Crippen molar-refractivity contribution in [3.63, 3.8) is 0 Å². The van der Waals surface area contributed by atoms with E-state index in [2.05, 4.69) is 241 Å². The van der Waals surface area contributed by atoms with Crippen molar-refractivity contribution in [3.8, 4) is 44.5 Å². The molecule has 0 atom stereocenters. The first-order chi connectivity index (χ1) is 32.2. The Morgan fingerprint density at radius 1 is 0.323 bits per heavy atom. The quantitative estimate of drug-likeness (QED) is 0.161. The zero-order chi connectivity index (χ0) is 42.6. The standard InChI is InChI=1S/C63H39NO/c1-2-14-40(15-3-1)41-30-32-45(33-31-41)64(46-34-35-51-50-20-8-12-24-56(50)63(57(51)39-46)54-22-10-6-18-48(54)49-19-7-11-23-55(49)63)58-36-37-60-62(52-21-9-13-25-59(52)65-60)61(58)44-29-28-43-27-26-42-16-4-5-17-47(42)53(43)38-44/h1-39H. The van der Waals surface area contributed by atoms with E-state index in [1.807, 2.05) is 0 Å². The Balaban J connectivity index is 1.08. The van der Waals surface area contributed by atoms with E-state index in [1.165, 1.54) is 77.2 Å². The van der Waals surface area contributed by atoms with E-state index in [-0.39, 0.29) is 0 Å². The first kappa shape index (κ1) is 36.1. The van der Waals surface area contributed by atoms with Gasteiger partial charge in [-0.05, 0) is 131 Å². The molecule has 2 aliphatic carbocycles. The first-order valence-electron chi connectivity index (χ1n) is 22.5. The molecule has 1 heterocycles. The zero-order valence-corrected chi connectivity index (χ0v) is 35.4. The Bertz CT molecular complexity index is 3830. The predicted octanol–water partition coefficient (Wildman–Crippen LogP) is 17.0. The third-order valence-electron chi connectivity index (χ3n) is 14.3. The van der Waals surface area contributed by atoms with E-state index < -0.39 is 5.41 Å². The normalized spacial score (nSPS) is 13.0. The van der Waals surface area contributed by atoms with Gasteiger partial charge >= 0.3 is 0 Å². The van der Waals surface area contributed by atoms with Crippen molar-refractivity contribution in [1.29, 1.82) is 0 Å². The van der Waals surface area contributed by atoms with Crippen LogP contribution in [0.3, 0.4) is 0 Å². The molecule has 0 fully saturated rings. The Morgan fingerprint density at radius 2 is 0.862 bits per heavy atom. The number of hydrogen-bond donors (Lipinski definition) is 0. The SMILES string of the molecule is c1ccc(-c2ccc(N(c3ccc4c(c3)C3(c5ccccc5-c5ccccc53)c3ccccc3-4)c3ccc4oc5ccccc5c4c3-c3ccc4ccc5ccccc5c4c3)cc2)cc1. The zero-order valence-electron chi connectivity index (χ0n) is 35.4. The van der Waals surface area contributed by atoms with E-state index in [4.69, 9.17) is 4.42 Å². The summed E-state index contributed by atoms with van der Waals surface area (Å²) in [5.41, 5.74) is 19.6. The Morgan fingerprint density at radius 3 is 1.58 bits per heavy atom. The van der Waals surface area contributed by atoms with Gasteiger partial charge < -0.3 is 9.32 Å². The van der Waals surface area contributed by atoms with Gasteiger partial charge in [0, 0.05) is 27.7 Å². The molecule has 14 rings (SSSR count). The van der Waals surface area contributed by atoms with Crippen LogP contribution in [0.4, 0.5) is 17.1 Å². The molecule has 0 aliphatic heterocycles. The van der Waals surface area contributed by atoms with Gasteiger partial charge in [0.1, 0.15) is 11.2 Å². The lowest BCUT2D eigenvalue weighted by Gasteiger charge is -2.33. The average molecular weight is 826 g/mol. The summed E-state index contributed by atoms with van der Waals surface area (Å²) < 4.78 is 6.69. The van der Waals surface area contributed by atoms with Gasteiger partial charge in [-0.2, -0.15) is 0 Å². The fourth-order valence-corrected chi connectivity index (χ4v) is 11.5. The molecule has 12 aromatic rings. The van der Waals surface area contributed by atoms with Gasteiger partial charge in [-0.15, -0.1) is 0 Å². The van der Waals surface area contributed by atoms with E-state index >= 15 is 0 Å². The highest BCUT2D eigenvalue weighted by Gasteiger charge is 2.51. The molecule has 11 aromatic carbocycles. The van der Waals surface area contributed by atoms with Gasteiger partial charge in [0.2, 0.25) is 0 Å². The highest BCUT2D eigenvalue weighted by atomic mass is 16.3.